The minimum absolute atomic E-state index is 1.10. The van der Waals surface area contributed by atoms with Crippen LogP contribution in [0.3, 0.4) is 0 Å². The van der Waals surface area contributed by atoms with Crippen LogP contribution in [0.1, 0.15) is 18.1 Å². The summed E-state index contributed by atoms with van der Waals surface area (Å²) in [6.45, 7) is 2.20. The van der Waals surface area contributed by atoms with Gasteiger partial charge in [0.05, 0.1) is 0 Å². The molecule has 68 valence electrons. The maximum absolute atomic E-state index is 2.32. The number of fused-ring (bicyclic) bond motifs is 2. The Hall–Kier alpha value is -1.56. The van der Waals surface area contributed by atoms with Gasteiger partial charge in [-0.2, -0.15) is 0 Å². The Kier molecular flexibility index (Phi) is 1.51. The minimum atomic E-state index is 1.10. The van der Waals surface area contributed by atoms with E-state index in [0.717, 1.165) is 6.42 Å². The Morgan fingerprint density at radius 1 is 1.00 bits per heavy atom. The van der Waals surface area contributed by atoms with E-state index in [2.05, 4.69) is 49.4 Å². The van der Waals surface area contributed by atoms with Crippen molar-refractivity contribution in [3.05, 3.63) is 53.6 Å². The van der Waals surface area contributed by atoms with E-state index < -0.39 is 0 Å². The minimum Gasteiger partial charge on any atom is -0.0766 e. The number of allylic oxidation sites excluding steroid dienone is 2. The molecule has 14 heavy (non-hydrogen) atoms. The molecule has 2 aromatic carbocycles. The molecule has 0 aliphatic heterocycles. The number of hydrogen-bond donors (Lipinski definition) is 0. The highest BCUT2D eigenvalue weighted by Crippen LogP contribution is 2.30. The number of hydrogen-bond acceptors (Lipinski definition) is 0. The van der Waals surface area contributed by atoms with Crippen LogP contribution in [0.4, 0.5) is 0 Å². The molecule has 0 spiro atoms. The van der Waals surface area contributed by atoms with Gasteiger partial charge >= 0.3 is 0 Å². The SMILES string of the molecule is CC1=CCc2cc3ccccc3cc21. The van der Waals surface area contributed by atoms with Gasteiger partial charge in [-0.05, 0) is 46.9 Å². The third-order valence-corrected chi connectivity index (χ3v) is 3.02. The maximum Gasteiger partial charge on any atom is -0.00853 e. The van der Waals surface area contributed by atoms with Gasteiger partial charge in [-0.3, -0.25) is 0 Å². The highest BCUT2D eigenvalue weighted by Gasteiger charge is 2.10. The Bertz CT molecular complexity index is 533. The Morgan fingerprint density at radius 3 is 2.50 bits per heavy atom. The fourth-order valence-corrected chi connectivity index (χ4v) is 2.20. The largest absolute Gasteiger partial charge is 0.0766 e. The van der Waals surface area contributed by atoms with Gasteiger partial charge in [-0.25, -0.2) is 0 Å². The molecule has 0 heterocycles. The molecule has 0 bridgehead atoms. The van der Waals surface area contributed by atoms with E-state index in [-0.39, 0.29) is 0 Å². The molecule has 0 nitrogen and oxygen atoms in total. The Balaban J connectivity index is 2.37. The molecule has 1 aliphatic carbocycles. The molecule has 0 saturated heterocycles. The molecule has 0 amide bonds. The summed E-state index contributed by atoms with van der Waals surface area (Å²) in [4.78, 5) is 0. The third-order valence-electron chi connectivity index (χ3n) is 3.02. The number of rotatable bonds is 0. The monoisotopic (exact) mass is 180 g/mol. The van der Waals surface area contributed by atoms with Crippen molar-refractivity contribution in [3.8, 4) is 0 Å². The number of benzene rings is 2. The van der Waals surface area contributed by atoms with Crippen LogP contribution < -0.4 is 0 Å². The molecule has 0 aromatic heterocycles. The highest BCUT2D eigenvalue weighted by molar-refractivity contribution is 5.89. The quantitative estimate of drug-likeness (QED) is 0.578. The second-order valence-electron chi connectivity index (χ2n) is 3.95. The van der Waals surface area contributed by atoms with E-state index in [1.165, 1.54) is 27.5 Å². The first kappa shape index (κ1) is 7.81. The van der Waals surface area contributed by atoms with Crippen LogP contribution in [0, 0.1) is 0 Å². The lowest BCUT2D eigenvalue weighted by atomic mass is 10.0. The molecule has 0 fully saturated rings. The zero-order valence-corrected chi connectivity index (χ0v) is 8.25. The average Bonchev–Trinajstić information content (AvgIpc) is 2.57. The van der Waals surface area contributed by atoms with Crippen molar-refractivity contribution >= 4 is 16.3 Å². The van der Waals surface area contributed by atoms with Gasteiger partial charge in [-0.15, -0.1) is 0 Å². The van der Waals surface area contributed by atoms with Crippen LogP contribution in [0.2, 0.25) is 0 Å². The summed E-state index contributed by atoms with van der Waals surface area (Å²) in [6.07, 6.45) is 3.41. The lowest BCUT2D eigenvalue weighted by molar-refractivity contribution is 1.32. The standard InChI is InChI=1S/C14H12/c1-10-6-7-13-8-11-4-2-3-5-12(11)9-14(10)13/h2-6,8-9H,7H2,1H3. The first-order chi connectivity index (χ1) is 6.84. The molecule has 0 N–H and O–H groups in total. The molecule has 0 heteroatoms. The first-order valence-electron chi connectivity index (χ1n) is 5.03. The third kappa shape index (κ3) is 1.00. The Morgan fingerprint density at radius 2 is 1.71 bits per heavy atom. The Labute approximate surface area is 83.9 Å². The van der Waals surface area contributed by atoms with Crippen molar-refractivity contribution in [3.63, 3.8) is 0 Å². The summed E-state index contributed by atoms with van der Waals surface area (Å²) in [5.74, 6) is 0. The lowest BCUT2D eigenvalue weighted by Crippen LogP contribution is -1.83. The van der Waals surface area contributed by atoms with E-state index in [1.54, 1.807) is 0 Å². The van der Waals surface area contributed by atoms with E-state index >= 15 is 0 Å². The second kappa shape index (κ2) is 2.71. The molecular formula is C14H12. The maximum atomic E-state index is 2.32. The predicted octanol–water partition coefficient (Wildman–Crippen LogP) is 3.80. The molecule has 0 unspecified atom stereocenters. The molecule has 3 rings (SSSR count). The van der Waals surface area contributed by atoms with E-state index in [4.69, 9.17) is 0 Å². The zero-order valence-electron chi connectivity index (χ0n) is 8.25. The van der Waals surface area contributed by atoms with Crippen molar-refractivity contribution in [1.82, 2.24) is 0 Å². The lowest BCUT2D eigenvalue weighted by Gasteiger charge is -2.04. The molecular weight excluding hydrogens is 168 g/mol. The summed E-state index contributed by atoms with van der Waals surface area (Å²) in [5, 5.41) is 2.70. The molecule has 0 saturated carbocycles. The van der Waals surface area contributed by atoms with Crippen molar-refractivity contribution in [2.75, 3.05) is 0 Å². The van der Waals surface area contributed by atoms with Crippen LogP contribution >= 0.6 is 0 Å². The molecule has 1 aliphatic rings. The summed E-state index contributed by atoms with van der Waals surface area (Å²) in [5.41, 5.74) is 4.33. The fourth-order valence-electron chi connectivity index (χ4n) is 2.20. The summed E-state index contributed by atoms with van der Waals surface area (Å²) >= 11 is 0. The van der Waals surface area contributed by atoms with Crippen molar-refractivity contribution in [1.29, 1.82) is 0 Å². The molecule has 0 radical (unpaired) electrons. The smallest absolute Gasteiger partial charge is 0.00853 e. The van der Waals surface area contributed by atoms with Crippen LogP contribution in [0.5, 0.6) is 0 Å². The van der Waals surface area contributed by atoms with Crippen LogP contribution in [0.25, 0.3) is 16.3 Å². The van der Waals surface area contributed by atoms with Gasteiger partial charge in [0, 0.05) is 0 Å². The normalized spacial score (nSPS) is 14.2. The topological polar surface area (TPSA) is 0 Å². The summed E-state index contributed by atoms with van der Waals surface area (Å²) in [6, 6.07) is 13.2. The van der Waals surface area contributed by atoms with Crippen LogP contribution in [0.15, 0.2) is 42.5 Å². The van der Waals surface area contributed by atoms with Gasteiger partial charge in [-0.1, -0.05) is 36.4 Å². The van der Waals surface area contributed by atoms with Crippen LogP contribution in [-0.4, -0.2) is 0 Å². The van der Waals surface area contributed by atoms with Gasteiger partial charge in [0.15, 0.2) is 0 Å². The van der Waals surface area contributed by atoms with Crippen molar-refractivity contribution in [2.24, 2.45) is 0 Å². The highest BCUT2D eigenvalue weighted by atomic mass is 14.1. The van der Waals surface area contributed by atoms with Gasteiger partial charge in [0.2, 0.25) is 0 Å². The van der Waals surface area contributed by atoms with E-state index in [1.807, 2.05) is 0 Å². The van der Waals surface area contributed by atoms with Gasteiger partial charge < -0.3 is 0 Å². The molecule has 2 aromatic rings. The fraction of sp³-hybridized carbons (Fsp3) is 0.143. The summed E-state index contributed by atoms with van der Waals surface area (Å²) in [7, 11) is 0. The van der Waals surface area contributed by atoms with Crippen molar-refractivity contribution in [2.45, 2.75) is 13.3 Å². The predicted molar refractivity (Wildman–Crippen MR) is 61.3 cm³/mol. The van der Waals surface area contributed by atoms with Gasteiger partial charge in [0.25, 0.3) is 0 Å². The summed E-state index contributed by atoms with van der Waals surface area (Å²) < 4.78 is 0. The zero-order chi connectivity index (χ0) is 9.54. The van der Waals surface area contributed by atoms with Crippen molar-refractivity contribution < 1.29 is 0 Å². The van der Waals surface area contributed by atoms with Crippen LogP contribution in [-0.2, 0) is 6.42 Å². The molecule has 0 atom stereocenters. The van der Waals surface area contributed by atoms with E-state index in [0.29, 0.717) is 0 Å². The second-order valence-corrected chi connectivity index (χ2v) is 3.95. The average molecular weight is 180 g/mol. The van der Waals surface area contributed by atoms with E-state index in [9.17, 15) is 0 Å². The van der Waals surface area contributed by atoms with Gasteiger partial charge in [0.1, 0.15) is 0 Å². The first-order valence-corrected chi connectivity index (χ1v) is 5.03.